The van der Waals surface area contributed by atoms with Gasteiger partial charge in [0.05, 0.1) is 21.6 Å². The molecule has 9 nitrogen and oxygen atoms in total. The number of nitro groups is 1. The van der Waals surface area contributed by atoms with Gasteiger partial charge in [0.1, 0.15) is 17.2 Å². The van der Waals surface area contributed by atoms with Crippen molar-refractivity contribution >= 4 is 38.9 Å². The lowest BCUT2D eigenvalue weighted by Crippen LogP contribution is -2.23. The Kier molecular flexibility index (Phi) is 4.43. The molecule has 0 bridgehead atoms. The number of aromatic nitrogens is 5. The molecular formula is C22H17FN6O3. The second-order valence-electron chi connectivity index (χ2n) is 7.53. The lowest BCUT2D eigenvalue weighted by molar-refractivity contribution is -0.387. The van der Waals surface area contributed by atoms with Gasteiger partial charge in [0, 0.05) is 12.1 Å². The molecule has 1 atom stereocenters. The fourth-order valence-electron chi connectivity index (χ4n) is 3.79. The average molecular weight is 432 g/mol. The van der Waals surface area contributed by atoms with E-state index in [4.69, 9.17) is 0 Å². The molecule has 32 heavy (non-hydrogen) atoms. The van der Waals surface area contributed by atoms with Gasteiger partial charge < -0.3 is 0 Å². The van der Waals surface area contributed by atoms with Crippen LogP contribution in [0, 0.1) is 15.9 Å². The molecule has 0 saturated carbocycles. The lowest BCUT2D eigenvalue weighted by atomic mass is 10.2. The maximum absolute atomic E-state index is 14.0. The van der Waals surface area contributed by atoms with E-state index < -0.39 is 16.4 Å². The summed E-state index contributed by atoms with van der Waals surface area (Å²) >= 11 is 0. The number of para-hydroxylation sites is 2. The highest BCUT2D eigenvalue weighted by atomic mass is 19.1. The first-order valence-electron chi connectivity index (χ1n) is 10.0. The SMILES string of the molecule is CCC(C)n1cnc2c(c1=O)c1nc3ccccc3nc1n2-c1ccc(F)c([N+](=O)[O-])c1. The molecule has 0 saturated heterocycles. The van der Waals surface area contributed by atoms with Gasteiger partial charge in [0.15, 0.2) is 11.3 Å². The summed E-state index contributed by atoms with van der Waals surface area (Å²) in [5.41, 5.74) is 1.38. The van der Waals surface area contributed by atoms with Crippen LogP contribution in [0.1, 0.15) is 26.3 Å². The number of halogens is 1. The van der Waals surface area contributed by atoms with E-state index in [2.05, 4.69) is 15.0 Å². The van der Waals surface area contributed by atoms with Crippen LogP contribution in [0.5, 0.6) is 0 Å². The predicted molar refractivity (Wildman–Crippen MR) is 118 cm³/mol. The molecule has 0 aliphatic carbocycles. The van der Waals surface area contributed by atoms with E-state index in [1.165, 1.54) is 21.5 Å². The van der Waals surface area contributed by atoms with Crippen molar-refractivity contribution in [3.05, 3.63) is 75.1 Å². The first-order valence-corrected chi connectivity index (χ1v) is 10.0. The minimum Gasteiger partial charge on any atom is -0.296 e. The number of rotatable bonds is 4. The van der Waals surface area contributed by atoms with Crippen molar-refractivity contribution in [3.63, 3.8) is 0 Å². The Morgan fingerprint density at radius 3 is 2.53 bits per heavy atom. The molecular weight excluding hydrogens is 415 g/mol. The number of fused-ring (bicyclic) bond motifs is 4. The molecule has 0 fully saturated rings. The van der Waals surface area contributed by atoms with E-state index in [1.54, 1.807) is 12.1 Å². The van der Waals surface area contributed by atoms with Crippen molar-refractivity contribution in [1.82, 2.24) is 24.1 Å². The van der Waals surface area contributed by atoms with Crippen LogP contribution < -0.4 is 5.56 Å². The standard InChI is InChI=1S/C22H17FN6O3/c1-3-12(2)27-11-24-20-18(22(27)30)19-21(26-16-7-5-4-6-15(16)25-19)28(20)13-8-9-14(23)17(10-13)29(31)32/h4-12H,3H2,1-2H3. The summed E-state index contributed by atoms with van der Waals surface area (Å²) < 4.78 is 17.0. The summed E-state index contributed by atoms with van der Waals surface area (Å²) in [4.78, 5) is 37.8. The van der Waals surface area contributed by atoms with E-state index in [0.29, 0.717) is 22.2 Å². The van der Waals surface area contributed by atoms with Crippen LogP contribution in [0.15, 0.2) is 53.6 Å². The summed E-state index contributed by atoms with van der Waals surface area (Å²) in [6.45, 7) is 3.88. The number of benzene rings is 2. The molecule has 160 valence electrons. The van der Waals surface area contributed by atoms with Gasteiger partial charge in [-0.2, -0.15) is 4.39 Å². The Labute approximate surface area is 179 Å². The van der Waals surface area contributed by atoms with Gasteiger partial charge in [0.25, 0.3) is 5.56 Å². The second kappa shape index (κ2) is 7.19. The molecule has 0 aliphatic heterocycles. The number of hydrogen-bond acceptors (Lipinski definition) is 6. The summed E-state index contributed by atoms with van der Waals surface area (Å²) in [6.07, 6.45) is 2.18. The van der Waals surface area contributed by atoms with Crippen molar-refractivity contribution in [1.29, 1.82) is 0 Å². The predicted octanol–water partition coefficient (Wildman–Crippen LogP) is 4.30. The monoisotopic (exact) mass is 432 g/mol. The van der Waals surface area contributed by atoms with Crippen LogP contribution in [0.4, 0.5) is 10.1 Å². The van der Waals surface area contributed by atoms with Gasteiger partial charge in [-0.3, -0.25) is 24.0 Å². The molecule has 0 radical (unpaired) electrons. The Morgan fingerprint density at radius 1 is 1.12 bits per heavy atom. The van der Waals surface area contributed by atoms with Crippen molar-refractivity contribution in [2.75, 3.05) is 0 Å². The number of hydrogen-bond donors (Lipinski definition) is 0. The Balaban J connectivity index is 1.97. The highest BCUT2D eigenvalue weighted by molar-refractivity contribution is 6.05. The molecule has 0 spiro atoms. The number of nitrogens with zero attached hydrogens (tertiary/aromatic N) is 6. The Hall–Kier alpha value is -4.21. The van der Waals surface area contributed by atoms with Crippen LogP contribution in [0.3, 0.4) is 0 Å². The van der Waals surface area contributed by atoms with Crippen LogP contribution in [-0.2, 0) is 0 Å². The molecule has 3 heterocycles. The minimum atomic E-state index is -0.955. The van der Waals surface area contributed by atoms with Crippen molar-refractivity contribution < 1.29 is 9.31 Å². The summed E-state index contributed by atoms with van der Waals surface area (Å²) in [6, 6.07) is 10.6. The van der Waals surface area contributed by atoms with Crippen molar-refractivity contribution in [3.8, 4) is 5.69 Å². The largest absolute Gasteiger partial charge is 0.306 e. The fraction of sp³-hybridized carbons (Fsp3) is 0.182. The quantitative estimate of drug-likeness (QED) is 0.309. The third-order valence-electron chi connectivity index (χ3n) is 5.64. The van der Waals surface area contributed by atoms with E-state index in [-0.39, 0.29) is 28.3 Å². The molecule has 10 heteroatoms. The van der Waals surface area contributed by atoms with E-state index >= 15 is 0 Å². The summed E-state index contributed by atoms with van der Waals surface area (Å²) in [5, 5.41) is 11.6. The van der Waals surface area contributed by atoms with Gasteiger partial charge in [-0.05, 0) is 37.6 Å². The van der Waals surface area contributed by atoms with Gasteiger partial charge in [-0.25, -0.2) is 15.0 Å². The second-order valence-corrected chi connectivity index (χ2v) is 7.53. The van der Waals surface area contributed by atoms with Crippen molar-refractivity contribution in [2.45, 2.75) is 26.3 Å². The molecule has 5 aromatic rings. The third-order valence-corrected chi connectivity index (χ3v) is 5.64. The van der Waals surface area contributed by atoms with Crippen molar-refractivity contribution in [2.24, 2.45) is 0 Å². The third kappa shape index (κ3) is 2.83. The zero-order chi connectivity index (χ0) is 22.6. The Bertz CT molecular complexity index is 1610. The molecule has 1 unspecified atom stereocenters. The average Bonchev–Trinajstić information content (AvgIpc) is 3.11. The molecule has 0 aliphatic rings. The Morgan fingerprint density at radius 2 is 1.84 bits per heavy atom. The van der Waals surface area contributed by atoms with Gasteiger partial charge >= 0.3 is 5.69 Å². The summed E-state index contributed by atoms with van der Waals surface area (Å²) in [7, 11) is 0. The summed E-state index contributed by atoms with van der Waals surface area (Å²) in [5.74, 6) is -0.955. The zero-order valence-electron chi connectivity index (χ0n) is 17.2. The van der Waals surface area contributed by atoms with Crippen LogP contribution in [-0.4, -0.2) is 29.0 Å². The number of nitro benzene ring substituents is 1. The van der Waals surface area contributed by atoms with E-state index in [9.17, 15) is 19.3 Å². The topological polar surface area (TPSA) is 109 Å². The first-order chi connectivity index (χ1) is 15.4. The highest BCUT2D eigenvalue weighted by Gasteiger charge is 2.23. The van der Waals surface area contributed by atoms with Gasteiger partial charge in [-0.1, -0.05) is 19.1 Å². The van der Waals surface area contributed by atoms with Crippen LogP contribution in [0.25, 0.3) is 38.9 Å². The highest BCUT2D eigenvalue weighted by Crippen LogP contribution is 2.30. The smallest absolute Gasteiger partial charge is 0.296 e. The van der Waals surface area contributed by atoms with Gasteiger partial charge in [-0.15, -0.1) is 0 Å². The fourth-order valence-corrected chi connectivity index (χ4v) is 3.79. The van der Waals surface area contributed by atoms with Gasteiger partial charge in [0.2, 0.25) is 5.82 Å². The zero-order valence-corrected chi connectivity index (χ0v) is 17.2. The minimum absolute atomic E-state index is 0.0851. The maximum atomic E-state index is 14.0. The first kappa shape index (κ1) is 19.7. The molecule has 0 N–H and O–H groups in total. The maximum Gasteiger partial charge on any atom is 0.306 e. The lowest BCUT2D eigenvalue weighted by Gasteiger charge is -2.12. The van der Waals surface area contributed by atoms with Crippen LogP contribution >= 0.6 is 0 Å². The van der Waals surface area contributed by atoms with E-state index in [1.807, 2.05) is 26.0 Å². The normalized spacial score (nSPS) is 12.6. The molecule has 0 amide bonds. The van der Waals surface area contributed by atoms with E-state index in [0.717, 1.165) is 18.6 Å². The molecule has 5 rings (SSSR count). The van der Waals surface area contributed by atoms with Crippen LogP contribution in [0.2, 0.25) is 0 Å². The molecule has 2 aromatic carbocycles. The molecule has 3 aromatic heterocycles.